The monoisotopic (exact) mass is 374 g/mol. The van der Waals surface area contributed by atoms with Gasteiger partial charge in [-0.3, -0.25) is 4.79 Å². The molecule has 2 aromatic carbocycles. The van der Waals surface area contributed by atoms with Crippen LogP contribution in [0.2, 0.25) is 0 Å². The summed E-state index contributed by atoms with van der Waals surface area (Å²) >= 11 is 0. The Morgan fingerprint density at radius 1 is 1.19 bits per heavy atom. The van der Waals surface area contributed by atoms with Crippen molar-refractivity contribution in [3.63, 3.8) is 0 Å². The van der Waals surface area contributed by atoms with E-state index in [2.05, 4.69) is 11.3 Å². The molecule has 0 radical (unpaired) electrons. The molecule has 0 saturated heterocycles. The maximum atomic E-state index is 12.6. The minimum Gasteiger partial charge on any atom is -0.496 e. The fraction of sp³-hybridized carbons (Fsp3) is 0.211. The summed E-state index contributed by atoms with van der Waals surface area (Å²) in [6, 6.07) is 13.3. The highest BCUT2D eigenvalue weighted by atomic mass is 32.2. The van der Waals surface area contributed by atoms with Gasteiger partial charge in [0, 0.05) is 31.3 Å². The van der Waals surface area contributed by atoms with Gasteiger partial charge in [-0.05, 0) is 30.3 Å². The molecule has 1 amide bonds. The van der Waals surface area contributed by atoms with E-state index in [0.717, 1.165) is 5.56 Å². The summed E-state index contributed by atoms with van der Waals surface area (Å²) in [4.78, 5) is 14.2. The molecule has 0 aliphatic rings. The highest BCUT2D eigenvalue weighted by Gasteiger charge is 2.17. The molecule has 26 heavy (non-hydrogen) atoms. The van der Waals surface area contributed by atoms with Crippen molar-refractivity contribution in [3.05, 3.63) is 72.3 Å². The van der Waals surface area contributed by atoms with Gasteiger partial charge in [-0.25, -0.2) is 13.1 Å². The van der Waals surface area contributed by atoms with E-state index in [4.69, 9.17) is 4.74 Å². The van der Waals surface area contributed by atoms with Crippen molar-refractivity contribution in [2.24, 2.45) is 0 Å². The van der Waals surface area contributed by atoms with Crippen molar-refractivity contribution in [1.82, 2.24) is 9.62 Å². The highest BCUT2D eigenvalue weighted by molar-refractivity contribution is 7.89. The second-order valence-electron chi connectivity index (χ2n) is 5.64. The SMILES string of the molecule is C=CCNS(=O)(=O)c1ccc(C(=O)N(C)Cc2ccccc2OC)cc1. The van der Waals surface area contributed by atoms with Crippen molar-refractivity contribution in [2.75, 3.05) is 20.7 Å². The van der Waals surface area contributed by atoms with E-state index in [0.29, 0.717) is 17.9 Å². The maximum Gasteiger partial charge on any atom is 0.253 e. The molecule has 138 valence electrons. The first-order valence-corrected chi connectivity index (χ1v) is 9.45. The van der Waals surface area contributed by atoms with Gasteiger partial charge in [-0.1, -0.05) is 24.3 Å². The predicted molar refractivity (Wildman–Crippen MR) is 101 cm³/mol. The molecule has 0 aliphatic carbocycles. The number of nitrogens with one attached hydrogen (secondary N) is 1. The summed E-state index contributed by atoms with van der Waals surface area (Å²) in [5, 5.41) is 0. The van der Waals surface area contributed by atoms with Crippen molar-refractivity contribution in [1.29, 1.82) is 0 Å². The number of hydrogen-bond acceptors (Lipinski definition) is 4. The third-order valence-corrected chi connectivity index (χ3v) is 5.22. The van der Waals surface area contributed by atoms with Gasteiger partial charge < -0.3 is 9.64 Å². The van der Waals surface area contributed by atoms with Crippen LogP contribution in [0.5, 0.6) is 5.75 Å². The molecule has 0 bridgehead atoms. The Morgan fingerprint density at radius 3 is 2.46 bits per heavy atom. The number of rotatable bonds is 8. The molecule has 0 unspecified atom stereocenters. The van der Waals surface area contributed by atoms with E-state index in [9.17, 15) is 13.2 Å². The third-order valence-electron chi connectivity index (χ3n) is 3.78. The van der Waals surface area contributed by atoms with Gasteiger partial charge >= 0.3 is 0 Å². The van der Waals surface area contributed by atoms with Crippen LogP contribution in [-0.4, -0.2) is 39.9 Å². The van der Waals surface area contributed by atoms with Gasteiger partial charge in [0.1, 0.15) is 5.75 Å². The zero-order valence-corrected chi connectivity index (χ0v) is 15.6. The molecule has 2 rings (SSSR count). The van der Waals surface area contributed by atoms with Gasteiger partial charge in [0.05, 0.1) is 12.0 Å². The van der Waals surface area contributed by atoms with Crippen LogP contribution in [0.3, 0.4) is 0 Å². The first-order valence-electron chi connectivity index (χ1n) is 7.97. The van der Waals surface area contributed by atoms with E-state index < -0.39 is 10.0 Å². The number of benzene rings is 2. The van der Waals surface area contributed by atoms with Crippen LogP contribution in [0.4, 0.5) is 0 Å². The Hall–Kier alpha value is -2.64. The van der Waals surface area contributed by atoms with Crippen LogP contribution in [0.1, 0.15) is 15.9 Å². The molecule has 0 aromatic heterocycles. The Kier molecular flexibility index (Phi) is 6.54. The van der Waals surface area contributed by atoms with Gasteiger partial charge in [0.15, 0.2) is 0 Å². The molecule has 0 heterocycles. The lowest BCUT2D eigenvalue weighted by Crippen LogP contribution is -2.27. The Labute approximate surface area is 154 Å². The highest BCUT2D eigenvalue weighted by Crippen LogP contribution is 2.20. The average molecular weight is 374 g/mol. The summed E-state index contributed by atoms with van der Waals surface area (Å²) in [7, 11) is -0.336. The average Bonchev–Trinajstić information content (AvgIpc) is 2.66. The first kappa shape index (κ1) is 19.7. The maximum absolute atomic E-state index is 12.6. The minimum atomic E-state index is -3.61. The number of ether oxygens (including phenoxy) is 1. The summed E-state index contributed by atoms with van der Waals surface area (Å²) in [5.41, 5.74) is 1.30. The summed E-state index contributed by atoms with van der Waals surface area (Å²) in [5.74, 6) is 0.501. The Morgan fingerprint density at radius 2 is 1.85 bits per heavy atom. The number of nitrogens with zero attached hydrogens (tertiary/aromatic N) is 1. The Bertz CT molecular complexity index is 877. The van der Waals surface area contributed by atoms with Gasteiger partial charge in [-0.15, -0.1) is 6.58 Å². The number of hydrogen-bond donors (Lipinski definition) is 1. The van der Waals surface area contributed by atoms with Crippen molar-refractivity contribution in [3.8, 4) is 5.75 Å². The largest absolute Gasteiger partial charge is 0.496 e. The normalized spacial score (nSPS) is 11.0. The molecule has 2 aromatic rings. The van der Waals surface area contributed by atoms with Gasteiger partial charge in [0.2, 0.25) is 10.0 Å². The van der Waals surface area contributed by atoms with Crippen molar-refractivity contribution >= 4 is 15.9 Å². The lowest BCUT2D eigenvalue weighted by atomic mass is 10.1. The van der Waals surface area contributed by atoms with Crippen LogP contribution in [0.15, 0.2) is 66.1 Å². The number of carbonyl (C=O) groups is 1. The van der Waals surface area contributed by atoms with E-state index in [1.807, 2.05) is 24.3 Å². The summed E-state index contributed by atoms with van der Waals surface area (Å²) in [6.45, 7) is 4.00. The fourth-order valence-electron chi connectivity index (χ4n) is 2.41. The molecule has 7 heteroatoms. The van der Waals surface area contributed by atoms with E-state index in [1.54, 1.807) is 19.1 Å². The summed E-state index contributed by atoms with van der Waals surface area (Å²) in [6.07, 6.45) is 1.46. The van der Waals surface area contributed by atoms with Crippen LogP contribution >= 0.6 is 0 Å². The van der Waals surface area contributed by atoms with Crippen molar-refractivity contribution in [2.45, 2.75) is 11.4 Å². The van der Waals surface area contributed by atoms with Gasteiger partial charge in [-0.2, -0.15) is 0 Å². The first-order chi connectivity index (χ1) is 12.4. The fourth-order valence-corrected chi connectivity index (χ4v) is 3.41. The zero-order valence-electron chi connectivity index (χ0n) is 14.8. The molecule has 6 nitrogen and oxygen atoms in total. The lowest BCUT2D eigenvalue weighted by Gasteiger charge is -2.19. The second kappa shape index (κ2) is 8.64. The van der Waals surface area contributed by atoms with Crippen LogP contribution in [-0.2, 0) is 16.6 Å². The van der Waals surface area contributed by atoms with Crippen LogP contribution in [0, 0.1) is 0 Å². The molecule has 0 aliphatic heterocycles. The molecule has 0 spiro atoms. The standard InChI is InChI=1S/C19H22N2O4S/c1-4-13-20-26(23,24)17-11-9-15(10-12-17)19(22)21(2)14-16-7-5-6-8-18(16)25-3/h4-12,20H,1,13-14H2,2-3H3. The number of amides is 1. The smallest absolute Gasteiger partial charge is 0.253 e. The number of carbonyl (C=O) groups excluding carboxylic acids is 1. The predicted octanol–water partition coefficient (Wildman–Crippen LogP) is 2.43. The van der Waals surface area contributed by atoms with E-state index in [-0.39, 0.29) is 17.3 Å². The van der Waals surface area contributed by atoms with Crippen molar-refractivity contribution < 1.29 is 17.9 Å². The molecule has 0 saturated carbocycles. The van der Waals surface area contributed by atoms with Crippen LogP contribution in [0.25, 0.3) is 0 Å². The van der Waals surface area contributed by atoms with E-state index in [1.165, 1.54) is 30.3 Å². The molecule has 0 fully saturated rings. The second-order valence-corrected chi connectivity index (χ2v) is 7.40. The zero-order chi connectivity index (χ0) is 19.2. The number of methoxy groups -OCH3 is 1. The number of para-hydroxylation sites is 1. The molecular weight excluding hydrogens is 352 g/mol. The molecular formula is C19H22N2O4S. The molecule has 0 atom stereocenters. The molecule has 1 N–H and O–H groups in total. The quantitative estimate of drug-likeness (QED) is 0.720. The topological polar surface area (TPSA) is 75.7 Å². The third kappa shape index (κ3) is 4.71. The minimum absolute atomic E-state index is 0.100. The van der Waals surface area contributed by atoms with Gasteiger partial charge in [0.25, 0.3) is 5.91 Å². The number of sulfonamides is 1. The van der Waals surface area contributed by atoms with Crippen LogP contribution < -0.4 is 9.46 Å². The van der Waals surface area contributed by atoms with E-state index >= 15 is 0 Å². The lowest BCUT2D eigenvalue weighted by molar-refractivity contribution is 0.0784. The Balaban J connectivity index is 2.13. The summed E-state index contributed by atoms with van der Waals surface area (Å²) < 4.78 is 31.8.